The Kier molecular flexibility index (Phi) is 6.95. The SMILES string of the molecule is CC(C)C1N[P+]2(NC(C(C)C)C(c3ccccc3)(c3ccccc3)N2)NC1(c1ccccc1)c1ccccc1. The van der Waals surface area contributed by atoms with Crippen LogP contribution in [0.5, 0.6) is 0 Å². The summed E-state index contributed by atoms with van der Waals surface area (Å²) >= 11 is 0. The van der Waals surface area contributed by atoms with Crippen LogP contribution in [0.4, 0.5) is 0 Å². The fourth-order valence-electron chi connectivity index (χ4n) is 6.89. The monoisotopic (exact) mass is 535 g/mol. The van der Waals surface area contributed by atoms with Crippen molar-refractivity contribution in [3.63, 3.8) is 0 Å². The van der Waals surface area contributed by atoms with Crippen LogP contribution in [-0.2, 0) is 11.1 Å². The molecule has 4 nitrogen and oxygen atoms in total. The highest BCUT2D eigenvalue weighted by atomic mass is 31.2. The van der Waals surface area contributed by atoms with Gasteiger partial charge in [0.15, 0.2) is 0 Å². The molecule has 0 bridgehead atoms. The Morgan fingerprint density at radius 3 is 0.949 bits per heavy atom. The summed E-state index contributed by atoms with van der Waals surface area (Å²) in [6.45, 7) is 9.33. The van der Waals surface area contributed by atoms with Crippen molar-refractivity contribution in [1.82, 2.24) is 20.3 Å². The molecular weight excluding hydrogens is 495 g/mol. The Morgan fingerprint density at radius 1 is 0.462 bits per heavy atom. The van der Waals surface area contributed by atoms with Crippen molar-refractivity contribution in [3.05, 3.63) is 144 Å². The summed E-state index contributed by atoms with van der Waals surface area (Å²) in [6, 6.07) is 44.2. The smallest absolute Gasteiger partial charge is 0.140 e. The molecule has 1 spiro atoms. The van der Waals surface area contributed by atoms with Crippen LogP contribution in [0.1, 0.15) is 49.9 Å². The first-order chi connectivity index (χ1) is 18.9. The van der Waals surface area contributed by atoms with Crippen molar-refractivity contribution in [3.8, 4) is 0 Å². The normalized spacial score (nSPS) is 25.5. The molecule has 0 amide bonds. The fourth-order valence-corrected chi connectivity index (χ4v) is 10.9. The number of hydrogen-bond acceptors (Lipinski definition) is 4. The summed E-state index contributed by atoms with van der Waals surface area (Å²) in [4.78, 5) is 0. The molecule has 4 aromatic carbocycles. The van der Waals surface area contributed by atoms with Crippen LogP contribution >= 0.6 is 7.87 Å². The lowest BCUT2D eigenvalue weighted by Crippen LogP contribution is -2.50. The minimum absolute atomic E-state index is 0.158. The number of hydrogen-bond donors (Lipinski definition) is 4. The second-order valence-electron chi connectivity index (χ2n) is 11.7. The minimum Gasteiger partial charge on any atom is -0.140 e. The lowest BCUT2D eigenvalue weighted by Gasteiger charge is -2.35. The Hall–Kier alpha value is -2.85. The van der Waals surface area contributed by atoms with E-state index in [4.69, 9.17) is 0 Å². The Labute approximate surface area is 234 Å². The van der Waals surface area contributed by atoms with Crippen LogP contribution in [0, 0.1) is 11.8 Å². The molecule has 0 aromatic heterocycles. The molecule has 0 saturated carbocycles. The second kappa shape index (κ2) is 10.3. The van der Waals surface area contributed by atoms with E-state index < -0.39 is 18.9 Å². The maximum absolute atomic E-state index is 4.30. The highest BCUT2D eigenvalue weighted by molar-refractivity contribution is 7.69. The molecule has 6 rings (SSSR count). The molecule has 2 aliphatic rings. The third-order valence-electron chi connectivity index (χ3n) is 8.54. The zero-order chi connectivity index (χ0) is 27.1. The zero-order valence-electron chi connectivity index (χ0n) is 23.3. The molecule has 2 heterocycles. The number of rotatable bonds is 6. The molecule has 2 fully saturated rings. The predicted molar refractivity (Wildman–Crippen MR) is 164 cm³/mol. The van der Waals surface area contributed by atoms with Gasteiger partial charge in [0.1, 0.15) is 11.1 Å². The van der Waals surface area contributed by atoms with Crippen molar-refractivity contribution in [1.29, 1.82) is 0 Å². The Bertz CT molecular complexity index is 1190. The summed E-state index contributed by atoms with van der Waals surface area (Å²) in [5, 5.41) is 17.0. The fraction of sp³-hybridized carbons (Fsp3) is 0.294. The van der Waals surface area contributed by atoms with Gasteiger partial charge in [0, 0.05) is 0 Å². The summed E-state index contributed by atoms with van der Waals surface area (Å²) in [5.41, 5.74) is 4.30. The molecule has 2 atom stereocenters. The van der Waals surface area contributed by atoms with Gasteiger partial charge in [0.2, 0.25) is 0 Å². The molecule has 200 valence electrons. The van der Waals surface area contributed by atoms with Crippen molar-refractivity contribution in [2.24, 2.45) is 11.8 Å². The maximum atomic E-state index is 4.30. The molecule has 0 radical (unpaired) electrons. The summed E-state index contributed by atoms with van der Waals surface area (Å²) in [5.74, 6) is 0.753. The van der Waals surface area contributed by atoms with Gasteiger partial charge in [-0.1, -0.05) is 149 Å². The van der Waals surface area contributed by atoms with Crippen LogP contribution < -0.4 is 20.3 Å². The molecule has 2 saturated heterocycles. The average molecular weight is 536 g/mol. The topological polar surface area (TPSA) is 48.1 Å². The maximum Gasteiger partial charge on any atom is 0.301 e. The number of nitrogens with one attached hydrogen (secondary N) is 4. The lowest BCUT2D eigenvalue weighted by atomic mass is 9.74. The standard InChI is InChI=1S/C34H40N4P/c1-25(2)31-33(27-17-9-5-10-18-27,28-19-11-6-12-20-28)37-39(35-31)36-32(26(3)4)34(38-39,29-21-13-7-14-22-29)30-23-15-8-16-24-30/h5-26,31-32,35-38H,1-4H3/q+1. The Balaban J connectivity index is 1.57. The zero-order valence-corrected chi connectivity index (χ0v) is 24.2. The van der Waals surface area contributed by atoms with E-state index in [1.54, 1.807) is 0 Å². The van der Waals surface area contributed by atoms with E-state index in [0.717, 1.165) is 0 Å². The van der Waals surface area contributed by atoms with Gasteiger partial charge in [0.05, 0.1) is 12.1 Å². The quantitative estimate of drug-likeness (QED) is 0.201. The average Bonchev–Trinajstić information content (AvgIpc) is 3.51. The third-order valence-corrected chi connectivity index (χ3v) is 11.2. The van der Waals surface area contributed by atoms with Crippen LogP contribution in [0.2, 0.25) is 0 Å². The van der Waals surface area contributed by atoms with E-state index in [9.17, 15) is 0 Å². The van der Waals surface area contributed by atoms with Gasteiger partial charge < -0.3 is 0 Å². The van der Waals surface area contributed by atoms with Crippen LogP contribution in [-0.4, -0.2) is 12.1 Å². The first kappa shape index (κ1) is 26.4. The van der Waals surface area contributed by atoms with Gasteiger partial charge in [-0.3, -0.25) is 0 Å². The highest BCUT2D eigenvalue weighted by Gasteiger charge is 2.71. The molecule has 2 aliphatic heterocycles. The van der Waals surface area contributed by atoms with E-state index in [1.807, 2.05) is 0 Å². The van der Waals surface area contributed by atoms with Gasteiger partial charge in [-0.05, 0) is 34.1 Å². The van der Waals surface area contributed by atoms with E-state index in [-0.39, 0.29) is 12.1 Å². The van der Waals surface area contributed by atoms with Crippen LogP contribution in [0.3, 0.4) is 0 Å². The largest absolute Gasteiger partial charge is 0.301 e. The van der Waals surface area contributed by atoms with Gasteiger partial charge in [-0.15, -0.1) is 20.3 Å². The highest BCUT2D eigenvalue weighted by Crippen LogP contribution is 2.64. The summed E-state index contributed by atoms with van der Waals surface area (Å²) < 4.78 is 0. The van der Waals surface area contributed by atoms with Crippen molar-refractivity contribution < 1.29 is 0 Å². The van der Waals surface area contributed by atoms with E-state index in [1.165, 1.54) is 22.3 Å². The minimum atomic E-state index is -2.32. The molecule has 0 aliphatic carbocycles. The number of benzene rings is 4. The summed E-state index contributed by atoms with van der Waals surface area (Å²) in [6.07, 6.45) is 0. The molecule has 4 aromatic rings. The second-order valence-corrected chi connectivity index (χ2v) is 14.0. The van der Waals surface area contributed by atoms with E-state index in [0.29, 0.717) is 11.8 Å². The van der Waals surface area contributed by atoms with Gasteiger partial charge in [-0.25, -0.2) is 0 Å². The molecular formula is C34H40N4P+. The molecule has 2 unspecified atom stereocenters. The van der Waals surface area contributed by atoms with E-state index >= 15 is 0 Å². The van der Waals surface area contributed by atoms with Crippen molar-refractivity contribution in [2.75, 3.05) is 0 Å². The molecule has 5 heteroatoms. The van der Waals surface area contributed by atoms with Crippen molar-refractivity contribution >= 4 is 7.87 Å². The first-order valence-corrected chi connectivity index (χ1v) is 16.0. The van der Waals surface area contributed by atoms with Crippen LogP contribution in [0.15, 0.2) is 121 Å². The van der Waals surface area contributed by atoms with Gasteiger partial charge >= 0.3 is 7.87 Å². The molecule has 39 heavy (non-hydrogen) atoms. The lowest BCUT2D eigenvalue weighted by molar-refractivity contribution is 0.325. The molecule has 4 N–H and O–H groups in total. The van der Waals surface area contributed by atoms with Crippen LogP contribution in [0.25, 0.3) is 0 Å². The predicted octanol–water partition coefficient (Wildman–Crippen LogP) is 6.99. The Morgan fingerprint density at radius 2 is 0.718 bits per heavy atom. The van der Waals surface area contributed by atoms with Gasteiger partial charge in [-0.2, -0.15) is 0 Å². The van der Waals surface area contributed by atoms with E-state index in [2.05, 4.69) is 169 Å². The summed E-state index contributed by atoms with van der Waals surface area (Å²) in [7, 11) is -2.32. The van der Waals surface area contributed by atoms with Crippen molar-refractivity contribution in [2.45, 2.75) is 50.9 Å². The first-order valence-electron chi connectivity index (χ1n) is 14.2. The van der Waals surface area contributed by atoms with Gasteiger partial charge in [0.25, 0.3) is 0 Å². The third kappa shape index (κ3) is 4.27.